The average Bonchev–Trinajstić information content (AvgIpc) is 3.24. The third kappa shape index (κ3) is 2.80. The Morgan fingerprint density at radius 1 is 1.12 bits per heavy atom. The van der Waals surface area contributed by atoms with Crippen LogP contribution in [0.3, 0.4) is 0 Å². The van der Waals surface area contributed by atoms with E-state index in [2.05, 4.69) is 42.5 Å². The standard InChI is InChI=1S/C20H18ClNO2/c21-19-11-10-18(24-19)20(23)22-12-4-8-16(22)13-15-7-3-6-14-5-1-2-9-17(14)15/h1-3,5-7,9-11,16H,4,8,12-13H2. The van der Waals surface area contributed by atoms with Crippen LogP contribution in [0.4, 0.5) is 0 Å². The fraction of sp³-hybridized carbons (Fsp3) is 0.250. The Balaban J connectivity index is 1.60. The zero-order valence-corrected chi connectivity index (χ0v) is 14.0. The van der Waals surface area contributed by atoms with Gasteiger partial charge in [0, 0.05) is 12.6 Å². The molecule has 3 nitrogen and oxygen atoms in total. The van der Waals surface area contributed by atoms with E-state index in [0.29, 0.717) is 5.76 Å². The summed E-state index contributed by atoms with van der Waals surface area (Å²) in [6.07, 6.45) is 2.90. The van der Waals surface area contributed by atoms with E-state index in [4.69, 9.17) is 16.0 Å². The van der Waals surface area contributed by atoms with Crippen molar-refractivity contribution in [2.45, 2.75) is 25.3 Å². The summed E-state index contributed by atoms with van der Waals surface area (Å²) in [4.78, 5) is 14.6. The van der Waals surface area contributed by atoms with Crippen molar-refractivity contribution in [2.75, 3.05) is 6.54 Å². The number of amides is 1. The van der Waals surface area contributed by atoms with Crippen molar-refractivity contribution in [1.82, 2.24) is 4.90 Å². The van der Waals surface area contributed by atoms with Crippen molar-refractivity contribution >= 4 is 28.3 Å². The number of fused-ring (bicyclic) bond motifs is 1. The highest BCUT2D eigenvalue weighted by Gasteiger charge is 2.31. The summed E-state index contributed by atoms with van der Waals surface area (Å²) >= 11 is 5.81. The molecule has 4 heteroatoms. The van der Waals surface area contributed by atoms with Gasteiger partial charge in [0.05, 0.1) is 0 Å². The number of rotatable bonds is 3. The molecular weight excluding hydrogens is 322 g/mol. The summed E-state index contributed by atoms with van der Waals surface area (Å²) in [6.45, 7) is 0.770. The summed E-state index contributed by atoms with van der Waals surface area (Å²) in [7, 11) is 0. The van der Waals surface area contributed by atoms with E-state index < -0.39 is 0 Å². The van der Waals surface area contributed by atoms with Crippen LogP contribution in [0, 0.1) is 0 Å². The predicted molar refractivity (Wildman–Crippen MR) is 95.4 cm³/mol. The maximum Gasteiger partial charge on any atom is 0.289 e. The van der Waals surface area contributed by atoms with Gasteiger partial charge in [-0.05, 0) is 59.3 Å². The number of halogens is 1. The van der Waals surface area contributed by atoms with E-state index in [-0.39, 0.29) is 17.2 Å². The molecule has 3 aromatic rings. The molecule has 1 aliphatic heterocycles. The quantitative estimate of drug-likeness (QED) is 0.677. The van der Waals surface area contributed by atoms with Gasteiger partial charge in [-0.15, -0.1) is 0 Å². The first-order valence-corrected chi connectivity index (χ1v) is 8.63. The van der Waals surface area contributed by atoms with Crippen molar-refractivity contribution < 1.29 is 9.21 Å². The lowest BCUT2D eigenvalue weighted by molar-refractivity contribution is 0.0704. The molecule has 0 N–H and O–H groups in total. The van der Waals surface area contributed by atoms with E-state index in [9.17, 15) is 4.79 Å². The van der Waals surface area contributed by atoms with Gasteiger partial charge in [-0.3, -0.25) is 4.79 Å². The highest BCUT2D eigenvalue weighted by molar-refractivity contribution is 6.29. The molecule has 0 radical (unpaired) electrons. The molecular formula is C20H18ClNO2. The molecule has 122 valence electrons. The maximum absolute atomic E-state index is 12.7. The Labute approximate surface area is 145 Å². The highest BCUT2D eigenvalue weighted by atomic mass is 35.5. The largest absolute Gasteiger partial charge is 0.440 e. The molecule has 0 spiro atoms. The molecule has 2 aromatic carbocycles. The van der Waals surface area contributed by atoms with E-state index in [0.717, 1.165) is 25.8 Å². The lowest BCUT2D eigenvalue weighted by Crippen LogP contribution is -2.36. The van der Waals surface area contributed by atoms with Crippen LogP contribution in [0.15, 0.2) is 59.0 Å². The number of benzene rings is 2. The topological polar surface area (TPSA) is 33.5 Å². The van der Waals surface area contributed by atoms with Crippen LogP contribution >= 0.6 is 11.6 Å². The Bertz CT molecular complexity index is 881. The Morgan fingerprint density at radius 2 is 1.96 bits per heavy atom. The van der Waals surface area contributed by atoms with Crippen molar-refractivity contribution in [2.24, 2.45) is 0 Å². The molecule has 1 saturated heterocycles. The van der Waals surface area contributed by atoms with Crippen molar-refractivity contribution in [3.05, 3.63) is 71.1 Å². The van der Waals surface area contributed by atoms with Crippen LogP contribution in [0.1, 0.15) is 29.0 Å². The van der Waals surface area contributed by atoms with Crippen LogP contribution in [-0.4, -0.2) is 23.4 Å². The Kier molecular flexibility index (Phi) is 4.03. The first-order chi connectivity index (χ1) is 11.7. The van der Waals surface area contributed by atoms with Gasteiger partial charge >= 0.3 is 0 Å². The van der Waals surface area contributed by atoms with Crippen LogP contribution < -0.4 is 0 Å². The van der Waals surface area contributed by atoms with Crippen molar-refractivity contribution in [3.63, 3.8) is 0 Å². The molecule has 1 aromatic heterocycles. The smallest absolute Gasteiger partial charge is 0.289 e. The molecule has 1 atom stereocenters. The first kappa shape index (κ1) is 15.3. The fourth-order valence-electron chi connectivity index (χ4n) is 3.61. The second-order valence-electron chi connectivity index (χ2n) is 6.24. The molecule has 1 amide bonds. The molecule has 0 bridgehead atoms. The molecule has 4 rings (SSSR count). The number of furan rings is 1. The summed E-state index contributed by atoms with van der Waals surface area (Å²) < 4.78 is 5.30. The summed E-state index contributed by atoms with van der Waals surface area (Å²) in [5.41, 5.74) is 1.29. The summed E-state index contributed by atoms with van der Waals surface area (Å²) in [5.74, 6) is 0.259. The Morgan fingerprint density at radius 3 is 2.79 bits per heavy atom. The van der Waals surface area contributed by atoms with Gasteiger partial charge in [-0.25, -0.2) is 0 Å². The minimum Gasteiger partial charge on any atom is -0.440 e. The monoisotopic (exact) mass is 339 g/mol. The summed E-state index contributed by atoms with van der Waals surface area (Å²) in [5, 5.41) is 2.76. The fourth-order valence-corrected chi connectivity index (χ4v) is 3.76. The van der Waals surface area contributed by atoms with E-state index in [1.54, 1.807) is 12.1 Å². The van der Waals surface area contributed by atoms with Gasteiger partial charge in [0.15, 0.2) is 11.0 Å². The van der Waals surface area contributed by atoms with Gasteiger partial charge in [0.25, 0.3) is 5.91 Å². The number of nitrogens with zero attached hydrogens (tertiary/aromatic N) is 1. The van der Waals surface area contributed by atoms with E-state index in [1.807, 2.05) is 4.90 Å². The van der Waals surface area contributed by atoms with Crippen molar-refractivity contribution in [1.29, 1.82) is 0 Å². The van der Waals surface area contributed by atoms with Crippen LogP contribution in [-0.2, 0) is 6.42 Å². The molecule has 0 saturated carbocycles. The third-order valence-corrected chi connectivity index (χ3v) is 4.96. The van der Waals surface area contributed by atoms with Crippen LogP contribution in [0.25, 0.3) is 10.8 Å². The first-order valence-electron chi connectivity index (χ1n) is 8.25. The van der Waals surface area contributed by atoms with Gasteiger partial charge in [-0.2, -0.15) is 0 Å². The van der Waals surface area contributed by atoms with Crippen molar-refractivity contribution in [3.8, 4) is 0 Å². The SMILES string of the molecule is O=C(c1ccc(Cl)o1)N1CCCC1Cc1cccc2ccccc12. The molecule has 1 fully saturated rings. The second kappa shape index (κ2) is 6.33. The number of likely N-dealkylation sites (tertiary alicyclic amines) is 1. The van der Waals surface area contributed by atoms with E-state index in [1.165, 1.54) is 16.3 Å². The molecule has 1 unspecified atom stereocenters. The molecule has 2 heterocycles. The van der Waals surface area contributed by atoms with Crippen LogP contribution in [0.5, 0.6) is 0 Å². The minimum absolute atomic E-state index is 0.0652. The molecule has 1 aliphatic rings. The predicted octanol–water partition coefficient (Wildman–Crippen LogP) is 4.93. The second-order valence-corrected chi connectivity index (χ2v) is 6.61. The van der Waals surface area contributed by atoms with Gasteiger partial charge < -0.3 is 9.32 Å². The third-order valence-electron chi connectivity index (χ3n) is 4.76. The number of hydrogen-bond donors (Lipinski definition) is 0. The van der Waals surface area contributed by atoms with Gasteiger partial charge in [0.1, 0.15) is 0 Å². The number of carbonyl (C=O) groups is 1. The zero-order chi connectivity index (χ0) is 16.5. The molecule has 24 heavy (non-hydrogen) atoms. The Hall–Kier alpha value is -2.26. The average molecular weight is 340 g/mol. The lowest BCUT2D eigenvalue weighted by Gasteiger charge is -2.24. The zero-order valence-electron chi connectivity index (χ0n) is 13.2. The van der Waals surface area contributed by atoms with Crippen LogP contribution in [0.2, 0.25) is 5.22 Å². The number of hydrogen-bond acceptors (Lipinski definition) is 2. The minimum atomic E-state index is -0.0652. The maximum atomic E-state index is 12.7. The van der Waals surface area contributed by atoms with E-state index >= 15 is 0 Å². The summed E-state index contributed by atoms with van der Waals surface area (Å²) in [6, 6.07) is 18.2. The van der Waals surface area contributed by atoms with Gasteiger partial charge in [0.2, 0.25) is 0 Å². The highest BCUT2D eigenvalue weighted by Crippen LogP contribution is 2.27. The lowest BCUT2D eigenvalue weighted by atomic mass is 9.97. The number of carbonyl (C=O) groups excluding carboxylic acids is 1. The van der Waals surface area contributed by atoms with Gasteiger partial charge in [-0.1, -0.05) is 42.5 Å². The normalized spacial score (nSPS) is 17.5. The molecule has 0 aliphatic carbocycles.